The highest BCUT2D eigenvalue weighted by Crippen LogP contribution is 2.27. The highest BCUT2D eigenvalue weighted by Gasteiger charge is 2.09. The van der Waals surface area contributed by atoms with Gasteiger partial charge in [-0.1, -0.05) is 48.0 Å². The maximum absolute atomic E-state index is 12.1. The lowest BCUT2D eigenvalue weighted by Crippen LogP contribution is -2.17. The molecule has 6 nitrogen and oxygen atoms in total. The number of hydrazone groups is 1. The molecule has 0 fully saturated rings. The number of esters is 1. The van der Waals surface area contributed by atoms with Crippen LogP contribution in [0.15, 0.2) is 84.0 Å². The molecule has 3 rings (SSSR count). The lowest BCUT2D eigenvalue weighted by molar-refractivity contribution is -0.129. The lowest BCUT2D eigenvalue weighted by Gasteiger charge is -2.08. The van der Waals surface area contributed by atoms with Crippen molar-refractivity contribution in [2.45, 2.75) is 6.92 Å². The molecular weight excluding hydrogens is 392 g/mol. The van der Waals surface area contributed by atoms with Crippen LogP contribution >= 0.6 is 0 Å². The summed E-state index contributed by atoms with van der Waals surface area (Å²) in [7, 11) is 1.48. The Kier molecular flexibility index (Phi) is 7.32. The number of hydrogen-bond donors (Lipinski definition) is 1. The second kappa shape index (κ2) is 10.5. The highest BCUT2D eigenvalue weighted by atomic mass is 16.6. The van der Waals surface area contributed by atoms with Gasteiger partial charge in [-0.2, -0.15) is 5.10 Å². The largest absolute Gasteiger partial charge is 0.493 e. The fraction of sp³-hybridized carbons (Fsp3) is 0.0800. The van der Waals surface area contributed by atoms with Gasteiger partial charge >= 0.3 is 5.97 Å². The molecule has 0 aliphatic heterocycles. The first kappa shape index (κ1) is 21.5. The van der Waals surface area contributed by atoms with E-state index in [4.69, 9.17) is 9.47 Å². The summed E-state index contributed by atoms with van der Waals surface area (Å²) in [4.78, 5) is 24.2. The molecule has 0 aliphatic carbocycles. The predicted molar refractivity (Wildman–Crippen MR) is 120 cm³/mol. The molecule has 31 heavy (non-hydrogen) atoms. The van der Waals surface area contributed by atoms with E-state index in [0.29, 0.717) is 16.9 Å². The predicted octanol–water partition coefficient (Wildman–Crippen LogP) is 4.39. The monoisotopic (exact) mass is 414 g/mol. The molecule has 0 unspecified atom stereocenters. The van der Waals surface area contributed by atoms with Crippen molar-refractivity contribution in [2.24, 2.45) is 5.10 Å². The number of benzene rings is 3. The SMILES string of the molecule is COc1cc(C=NNC(=O)c2cccc(C)c2)ccc1OC(=O)C=Cc1ccccc1. The van der Waals surface area contributed by atoms with Gasteiger partial charge in [-0.05, 0) is 54.5 Å². The van der Waals surface area contributed by atoms with Crippen LogP contribution < -0.4 is 14.9 Å². The van der Waals surface area contributed by atoms with Crippen LogP contribution in [0.2, 0.25) is 0 Å². The highest BCUT2D eigenvalue weighted by molar-refractivity contribution is 5.95. The van der Waals surface area contributed by atoms with Crippen LogP contribution in [0.4, 0.5) is 0 Å². The summed E-state index contributed by atoms with van der Waals surface area (Å²) in [6.45, 7) is 1.91. The Morgan fingerprint density at radius 3 is 2.45 bits per heavy atom. The third kappa shape index (κ3) is 6.40. The zero-order valence-electron chi connectivity index (χ0n) is 17.2. The zero-order valence-corrected chi connectivity index (χ0v) is 17.2. The fourth-order valence-corrected chi connectivity index (χ4v) is 2.74. The van der Waals surface area contributed by atoms with E-state index in [1.54, 1.807) is 36.4 Å². The second-order valence-corrected chi connectivity index (χ2v) is 6.64. The Morgan fingerprint density at radius 2 is 1.71 bits per heavy atom. The van der Waals surface area contributed by atoms with E-state index >= 15 is 0 Å². The van der Waals surface area contributed by atoms with E-state index in [1.165, 1.54) is 19.4 Å². The van der Waals surface area contributed by atoms with Gasteiger partial charge in [0.1, 0.15) is 0 Å². The summed E-state index contributed by atoms with van der Waals surface area (Å²) in [6, 6.07) is 21.6. The maximum Gasteiger partial charge on any atom is 0.336 e. The van der Waals surface area contributed by atoms with Crippen molar-refractivity contribution in [1.82, 2.24) is 5.43 Å². The number of carbonyl (C=O) groups is 2. The minimum atomic E-state index is -0.519. The number of rotatable bonds is 7. The van der Waals surface area contributed by atoms with E-state index in [2.05, 4.69) is 10.5 Å². The topological polar surface area (TPSA) is 77.0 Å². The molecule has 0 aromatic heterocycles. The van der Waals surface area contributed by atoms with Gasteiger partial charge < -0.3 is 9.47 Å². The molecule has 0 aliphatic rings. The Balaban J connectivity index is 1.62. The Morgan fingerprint density at radius 1 is 0.903 bits per heavy atom. The number of ether oxygens (including phenoxy) is 2. The Labute approximate surface area is 180 Å². The molecule has 6 heteroatoms. The zero-order chi connectivity index (χ0) is 22.1. The Bertz CT molecular complexity index is 1120. The van der Waals surface area contributed by atoms with Gasteiger partial charge in [0.15, 0.2) is 11.5 Å². The molecule has 3 aromatic carbocycles. The van der Waals surface area contributed by atoms with Gasteiger partial charge in [0.25, 0.3) is 5.91 Å². The van der Waals surface area contributed by atoms with Gasteiger partial charge in [0, 0.05) is 11.6 Å². The normalized spacial score (nSPS) is 10.9. The summed E-state index contributed by atoms with van der Waals surface area (Å²) in [5.74, 6) is -0.168. The van der Waals surface area contributed by atoms with Gasteiger partial charge in [-0.3, -0.25) is 4.79 Å². The van der Waals surface area contributed by atoms with Crippen LogP contribution in [-0.2, 0) is 4.79 Å². The number of carbonyl (C=O) groups excluding carboxylic acids is 2. The van der Waals surface area contributed by atoms with Crippen molar-refractivity contribution in [3.63, 3.8) is 0 Å². The number of hydrogen-bond acceptors (Lipinski definition) is 5. The van der Waals surface area contributed by atoms with Crippen molar-refractivity contribution < 1.29 is 19.1 Å². The summed E-state index contributed by atoms with van der Waals surface area (Å²) in [6.07, 6.45) is 4.51. The maximum atomic E-state index is 12.1. The van der Waals surface area contributed by atoms with Crippen LogP contribution in [0.5, 0.6) is 11.5 Å². The van der Waals surface area contributed by atoms with E-state index in [0.717, 1.165) is 11.1 Å². The van der Waals surface area contributed by atoms with Crippen molar-refractivity contribution in [2.75, 3.05) is 7.11 Å². The summed E-state index contributed by atoms with van der Waals surface area (Å²) < 4.78 is 10.7. The smallest absolute Gasteiger partial charge is 0.336 e. The van der Waals surface area contributed by atoms with Crippen molar-refractivity contribution in [1.29, 1.82) is 0 Å². The number of aryl methyl sites for hydroxylation is 1. The first-order chi connectivity index (χ1) is 15.0. The van der Waals surface area contributed by atoms with Crippen LogP contribution in [0, 0.1) is 6.92 Å². The van der Waals surface area contributed by atoms with Crippen molar-refractivity contribution >= 4 is 24.2 Å². The summed E-state index contributed by atoms with van der Waals surface area (Å²) in [5.41, 5.74) is 5.57. The molecule has 0 heterocycles. The average Bonchev–Trinajstić information content (AvgIpc) is 2.79. The lowest BCUT2D eigenvalue weighted by atomic mass is 10.1. The van der Waals surface area contributed by atoms with Crippen molar-refractivity contribution in [3.05, 3.63) is 101 Å². The van der Waals surface area contributed by atoms with E-state index < -0.39 is 5.97 Å². The number of nitrogens with one attached hydrogen (secondary N) is 1. The molecule has 0 spiro atoms. The molecule has 1 amide bonds. The van der Waals surface area contributed by atoms with E-state index in [-0.39, 0.29) is 11.7 Å². The van der Waals surface area contributed by atoms with Crippen LogP contribution in [0.3, 0.4) is 0 Å². The minimum absolute atomic E-state index is 0.283. The molecule has 0 saturated carbocycles. The van der Waals surface area contributed by atoms with Gasteiger partial charge in [0.05, 0.1) is 13.3 Å². The van der Waals surface area contributed by atoms with Gasteiger partial charge in [0.2, 0.25) is 0 Å². The molecule has 0 radical (unpaired) electrons. The minimum Gasteiger partial charge on any atom is -0.493 e. The quantitative estimate of drug-likeness (QED) is 0.205. The molecule has 0 atom stereocenters. The molecular formula is C25H22N2O4. The van der Waals surface area contributed by atoms with E-state index in [9.17, 15) is 9.59 Å². The van der Waals surface area contributed by atoms with Crippen LogP contribution in [0.25, 0.3) is 6.08 Å². The third-order valence-electron chi connectivity index (χ3n) is 4.27. The fourth-order valence-electron chi connectivity index (χ4n) is 2.74. The first-order valence-electron chi connectivity index (χ1n) is 9.58. The molecule has 3 aromatic rings. The van der Waals surface area contributed by atoms with Crippen LogP contribution in [-0.4, -0.2) is 25.2 Å². The molecule has 1 N–H and O–H groups in total. The number of methoxy groups -OCH3 is 1. The molecule has 156 valence electrons. The van der Waals surface area contributed by atoms with Crippen LogP contribution in [0.1, 0.15) is 27.0 Å². The van der Waals surface area contributed by atoms with Gasteiger partial charge in [-0.15, -0.1) is 0 Å². The number of nitrogens with zero attached hydrogens (tertiary/aromatic N) is 1. The summed E-state index contributed by atoms with van der Waals surface area (Å²) >= 11 is 0. The standard InChI is InChI=1S/C25H22N2O4/c1-18-7-6-10-21(15-18)25(29)27-26-17-20-11-13-22(23(16-20)30-2)31-24(28)14-12-19-8-4-3-5-9-19/h3-17H,1-2H3,(H,27,29). The van der Waals surface area contributed by atoms with Gasteiger partial charge in [-0.25, -0.2) is 10.2 Å². The number of amides is 1. The average molecular weight is 414 g/mol. The molecule has 0 bridgehead atoms. The Hall–Kier alpha value is -4.19. The first-order valence-corrected chi connectivity index (χ1v) is 9.58. The second-order valence-electron chi connectivity index (χ2n) is 6.64. The van der Waals surface area contributed by atoms with Crippen molar-refractivity contribution in [3.8, 4) is 11.5 Å². The summed E-state index contributed by atoms with van der Waals surface area (Å²) in [5, 5.41) is 3.98. The van der Waals surface area contributed by atoms with E-state index in [1.807, 2.05) is 49.4 Å². The molecule has 0 saturated heterocycles. The third-order valence-corrected chi connectivity index (χ3v) is 4.27.